The third-order valence-corrected chi connectivity index (χ3v) is 5.63. The van der Waals surface area contributed by atoms with Crippen molar-refractivity contribution in [1.82, 2.24) is 10.2 Å². The molecule has 1 heterocycles. The number of ether oxygens (including phenoxy) is 1. The molecule has 0 saturated heterocycles. The molecule has 144 valence electrons. The zero-order valence-electron chi connectivity index (χ0n) is 15.9. The SMILES string of the molecule is CCOC(=O)C1=C(C)N(C)C(=S)N[C@H]1c1ccc(NC(=O)C2CCC2)cc1. The average molecular weight is 388 g/mol. The van der Waals surface area contributed by atoms with Crippen LogP contribution >= 0.6 is 12.2 Å². The highest BCUT2D eigenvalue weighted by Crippen LogP contribution is 2.32. The number of allylic oxidation sites excluding steroid dienone is 1. The summed E-state index contributed by atoms with van der Waals surface area (Å²) in [5, 5.41) is 6.72. The summed E-state index contributed by atoms with van der Waals surface area (Å²) in [6, 6.07) is 7.12. The number of hydrogen-bond acceptors (Lipinski definition) is 4. The highest BCUT2D eigenvalue weighted by Gasteiger charge is 2.33. The second-order valence-corrected chi connectivity index (χ2v) is 7.29. The van der Waals surface area contributed by atoms with E-state index in [4.69, 9.17) is 17.0 Å². The molecule has 1 fully saturated rings. The molecule has 1 amide bonds. The van der Waals surface area contributed by atoms with E-state index in [-0.39, 0.29) is 23.8 Å². The number of benzene rings is 1. The third kappa shape index (κ3) is 3.98. The Morgan fingerprint density at radius 3 is 2.52 bits per heavy atom. The van der Waals surface area contributed by atoms with Crippen molar-refractivity contribution < 1.29 is 14.3 Å². The molecule has 1 aliphatic carbocycles. The van der Waals surface area contributed by atoms with E-state index in [9.17, 15) is 9.59 Å². The van der Waals surface area contributed by atoms with E-state index in [1.807, 2.05) is 38.2 Å². The first-order valence-electron chi connectivity index (χ1n) is 9.25. The second kappa shape index (κ2) is 8.08. The molecule has 3 rings (SSSR count). The van der Waals surface area contributed by atoms with E-state index in [0.717, 1.165) is 36.2 Å². The molecule has 0 spiro atoms. The van der Waals surface area contributed by atoms with Crippen LogP contribution < -0.4 is 10.6 Å². The summed E-state index contributed by atoms with van der Waals surface area (Å²) in [4.78, 5) is 26.4. The van der Waals surface area contributed by atoms with Crippen LogP contribution in [0.2, 0.25) is 0 Å². The number of carbonyl (C=O) groups excluding carboxylic acids is 2. The van der Waals surface area contributed by atoms with Crippen LogP contribution in [0.25, 0.3) is 0 Å². The van der Waals surface area contributed by atoms with Crippen LogP contribution in [0.4, 0.5) is 5.69 Å². The van der Waals surface area contributed by atoms with Crippen LogP contribution in [0.15, 0.2) is 35.5 Å². The maximum Gasteiger partial charge on any atom is 0.338 e. The highest BCUT2D eigenvalue weighted by atomic mass is 32.1. The van der Waals surface area contributed by atoms with Gasteiger partial charge >= 0.3 is 5.97 Å². The molecule has 1 atom stereocenters. The van der Waals surface area contributed by atoms with E-state index >= 15 is 0 Å². The predicted molar refractivity (Wildman–Crippen MR) is 108 cm³/mol. The fourth-order valence-corrected chi connectivity index (χ4v) is 3.49. The van der Waals surface area contributed by atoms with E-state index in [1.165, 1.54) is 0 Å². The zero-order valence-corrected chi connectivity index (χ0v) is 16.7. The van der Waals surface area contributed by atoms with Gasteiger partial charge in [-0.15, -0.1) is 0 Å². The first-order chi connectivity index (χ1) is 12.9. The topological polar surface area (TPSA) is 70.7 Å². The smallest absolute Gasteiger partial charge is 0.338 e. The molecule has 0 unspecified atom stereocenters. The minimum atomic E-state index is -0.385. The molecule has 7 heteroatoms. The standard InChI is InChI=1S/C20H25N3O3S/c1-4-26-19(25)16-12(2)23(3)20(27)22-17(16)13-8-10-15(11-9-13)21-18(24)14-6-5-7-14/h8-11,14,17H,4-7H2,1-3H3,(H,21,24)(H,22,27)/t17-/m0/s1. The van der Waals surface area contributed by atoms with Gasteiger partial charge in [0.2, 0.25) is 5.91 Å². The van der Waals surface area contributed by atoms with Crippen molar-refractivity contribution in [3.63, 3.8) is 0 Å². The molecule has 27 heavy (non-hydrogen) atoms. The number of amides is 1. The van der Waals surface area contributed by atoms with Gasteiger partial charge in [0.05, 0.1) is 18.2 Å². The summed E-state index contributed by atoms with van der Waals surface area (Å²) in [5.74, 6) is -0.140. The monoisotopic (exact) mass is 387 g/mol. The maximum atomic E-state index is 12.5. The molecule has 0 radical (unpaired) electrons. The Bertz CT molecular complexity index is 784. The summed E-state index contributed by atoms with van der Waals surface area (Å²) in [7, 11) is 1.82. The largest absolute Gasteiger partial charge is 0.463 e. The lowest BCUT2D eigenvalue weighted by Crippen LogP contribution is -2.46. The van der Waals surface area contributed by atoms with Gasteiger partial charge in [0.25, 0.3) is 0 Å². The fraction of sp³-hybridized carbons (Fsp3) is 0.450. The van der Waals surface area contributed by atoms with Crippen molar-refractivity contribution in [2.75, 3.05) is 19.0 Å². The second-order valence-electron chi connectivity index (χ2n) is 6.90. The molecule has 0 bridgehead atoms. The van der Waals surface area contributed by atoms with Gasteiger partial charge < -0.3 is 20.3 Å². The Morgan fingerprint density at radius 1 is 1.30 bits per heavy atom. The van der Waals surface area contributed by atoms with Gasteiger partial charge in [-0.1, -0.05) is 18.6 Å². The Balaban J connectivity index is 1.83. The molecule has 0 aromatic heterocycles. The van der Waals surface area contributed by atoms with Crippen LogP contribution in [0, 0.1) is 5.92 Å². The minimum Gasteiger partial charge on any atom is -0.463 e. The quantitative estimate of drug-likeness (QED) is 0.598. The van der Waals surface area contributed by atoms with E-state index in [2.05, 4.69) is 10.6 Å². The lowest BCUT2D eigenvalue weighted by atomic mass is 9.85. The molecule has 1 aromatic rings. The zero-order chi connectivity index (χ0) is 19.6. The van der Waals surface area contributed by atoms with Crippen molar-refractivity contribution in [3.05, 3.63) is 41.1 Å². The van der Waals surface area contributed by atoms with Crippen molar-refractivity contribution in [2.24, 2.45) is 5.92 Å². The van der Waals surface area contributed by atoms with Crippen LogP contribution in [-0.4, -0.2) is 35.5 Å². The molecule has 1 saturated carbocycles. The first-order valence-corrected chi connectivity index (χ1v) is 9.66. The molecular weight excluding hydrogens is 362 g/mol. The summed E-state index contributed by atoms with van der Waals surface area (Å²) >= 11 is 5.39. The predicted octanol–water partition coefficient (Wildman–Crippen LogP) is 3.12. The van der Waals surface area contributed by atoms with Gasteiger partial charge in [0, 0.05) is 24.4 Å². The number of hydrogen-bond donors (Lipinski definition) is 2. The van der Waals surface area contributed by atoms with Crippen LogP contribution in [0.3, 0.4) is 0 Å². The van der Waals surface area contributed by atoms with E-state index in [1.54, 1.807) is 11.8 Å². The Labute approximate surface area is 164 Å². The van der Waals surface area contributed by atoms with Gasteiger partial charge in [-0.05, 0) is 56.6 Å². The van der Waals surface area contributed by atoms with Gasteiger partial charge in [0.1, 0.15) is 0 Å². The van der Waals surface area contributed by atoms with Crippen molar-refractivity contribution >= 4 is 34.9 Å². The van der Waals surface area contributed by atoms with Crippen LogP contribution in [0.5, 0.6) is 0 Å². The molecule has 1 aliphatic heterocycles. The third-order valence-electron chi connectivity index (χ3n) is 5.24. The van der Waals surface area contributed by atoms with Crippen LogP contribution in [0.1, 0.15) is 44.7 Å². The fourth-order valence-electron chi connectivity index (χ4n) is 3.23. The lowest BCUT2D eigenvalue weighted by molar-refractivity contribution is -0.139. The van der Waals surface area contributed by atoms with Crippen molar-refractivity contribution in [3.8, 4) is 0 Å². The molecule has 2 aliphatic rings. The van der Waals surface area contributed by atoms with Gasteiger partial charge in [0.15, 0.2) is 5.11 Å². The van der Waals surface area contributed by atoms with Gasteiger partial charge in [-0.3, -0.25) is 4.79 Å². The molecule has 2 N–H and O–H groups in total. The Hall–Kier alpha value is -2.41. The number of thiocarbonyl (C=S) groups is 1. The first kappa shape index (κ1) is 19.4. The van der Waals surface area contributed by atoms with Gasteiger partial charge in [-0.25, -0.2) is 4.79 Å². The van der Waals surface area contributed by atoms with Gasteiger partial charge in [-0.2, -0.15) is 0 Å². The summed E-state index contributed by atoms with van der Waals surface area (Å²) in [6.07, 6.45) is 3.06. The number of anilines is 1. The molecule has 1 aromatic carbocycles. The Kier molecular flexibility index (Phi) is 5.79. The number of rotatable bonds is 5. The normalized spacial score (nSPS) is 20.0. The average Bonchev–Trinajstić information content (AvgIpc) is 2.58. The van der Waals surface area contributed by atoms with E-state index in [0.29, 0.717) is 17.3 Å². The minimum absolute atomic E-state index is 0.0792. The summed E-state index contributed by atoms with van der Waals surface area (Å²) < 4.78 is 5.24. The number of carbonyl (C=O) groups is 2. The number of esters is 1. The summed E-state index contributed by atoms with van der Waals surface area (Å²) in [6.45, 7) is 3.95. The highest BCUT2D eigenvalue weighted by molar-refractivity contribution is 7.80. The number of nitrogens with one attached hydrogen (secondary N) is 2. The summed E-state index contributed by atoms with van der Waals surface area (Å²) in [5.41, 5.74) is 2.95. The number of nitrogens with zero attached hydrogens (tertiary/aromatic N) is 1. The Morgan fingerprint density at radius 2 is 1.96 bits per heavy atom. The van der Waals surface area contributed by atoms with E-state index < -0.39 is 0 Å². The molecule has 6 nitrogen and oxygen atoms in total. The maximum absolute atomic E-state index is 12.5. The van der Waals surface area contributed by atoms with Crippen molar-refractivity contribution in [1.29, 1.82) is 0 Å². The van der Waals surface area contributed by atoms with Crippen molar-refractivity contribution in [2.45, 2.75) is 39.2 Å². The van der Waals surface area contributed by atoms with Crippen LogP contribution in [-0.2, 0) is 14.3 Å². The molecular formula is C20H25N3O3S. The lowest BCUT2D eigenvalue weighted by Gasteiger charge is -2.35.